The lowest BCUT2D eigenvalue weighted by Crippen LogP contribution is -2.11. The van der Waals surface area contributed by atoms with E-state index in [1.165, 1.54) is 11.8 Å². The van der Waals surface area contributed by atoms with Crippen molar-refractivity contribution in [2.45, 2.75) is 31.2 Å². The number of rotatable bonds is 4. The van der Waals surface area contributed by atoms with Gasteiger partial charge in [0.05, 0.1) is 17.0 Å². The maximum absolute atomic E-state index is 10.9. The van der Waals surface area contributed by atoms with Gasteiger partial charge in [0.1, 0.15) is 5.03 Å². The number of hydrogen-bond donors (Lipinski definition) is 0. The van der Waals surface area contributed by atoms with E-state index >= 15 is 0 Å². The van der Waals surface area contributed by atoms with Gasteiger partial charge < -0.3 is 0 Å². The first-order valence-corrected chi connectivity index (χ1v) is 9.53. The lowest BCUT2D eigenvalue weighted by Gasteiger charge is -2.13. The molecule has 0 saturated heterocycles. The van der Waals surface area contributed by atoms with Crippen LogP contribution in [-0.2, 0) is 14.5 Å². The number of halogens is 1. The number of fused-ring (bicyclic) bond motifs is 1. The van der Waals surface area contributed by atoms with Crippen LogP contribution in [0.5, 0.6) is 0 Å². The van der Waals surface area contributed by atoms with Gasteiger partial charge in [0.2, 0.25) is 9.05 Å². The maximum Gasteiger partial charge on any atom is 0.233 e. The van der Waals surface area contributed by atoms with E-state index in [2.05, 4.69) is 30.9 Å². The molecule has 0 fully saturated rings. The zero-order valence-electron chi connectivity index (χ0n) is 11.5. The van der Waals surface area contributed by atoms with Crippen LogP contribution in [0, 0.1) is 0 Å². The van der Waals surface area contributed by atoms with Crippen molar-refractivity contribution in [2.75, 3.05) is 11.5 Å². The van der Waals surface area contributed by atoms with Crippen LogP contribution in [-0.4, -0.2) is 34.5 Å². The standard InChI is InChI=1S/C12H16ClN3O2S2/c1-12(2,3)10-8-9-11(14-4-5-16(9)15-10)19-6-7-20(13,17)18/h4-5,8H,6-7H2,1-3H3. The normalized spacial score (nSPS) is 13.0. The summed E-state index contributed by atoms with van der Waals surface area (Å²) in [6.45, 7) is 6.28. The first-order valence-electron chi connectivity index (χ1n) is 6.07. The van der Waals surface area contributed by atoms with Crippen LogP contribution in [0.2, 0.25) is 0 Å². The van der Waals surface area contributed by atoms with Crippen molar-refractivity contribution >= 4 is 37.0 Å². The van der Waals surface area contributed by atoms with E-state index in [0.717, 1.165) is 16.2 Å². The average molecular weight is 334 g/mol. The van der Waals surface area contributed by atoms with Gasteiger partial charge in [0.15, 0.2) is 0 Å². The van der Waals surface area contributed by atoms with Crippen LogP contribution in [0.4, 0.5) is 0 Å². The molecule has 110 valence electrons. The Bertz CT molecular complexity index is 720. The van der Waals surface area contributed by atoms with Crippen molar-refractivity contribution in [2.24, 2.45) is 0 Å². The van der Waals surface area contributed by atoms with Crippen LogP contribution < -0.4 is 0 Å². The molecule has 0 radical (unpaired) electrons. The van der Waals surface area contributed by atoms with Gasteiger partial charge in [0, 0.05) is 34.2 Å². The molecule has 2 heterocycles. The van der Waals surface area contributed by atoms with E-state index < -0.39 is 9.05 Å². The molecule has 0 unspecified atom stereocenters. The lowest BCUT2D eigenvalue weighted by molar-refractivity contribution is 0.562. The predicted molar refractivity (Wildman–Crippen MR) is 82.1 cm³/mol. The fourth-order valence-electron chi connectivity index (χ4n) is 1.61. The number of thioether (sulfide) groups is 1. The second-order valence-electron chi connectivity index (χ2n) is 5.43. The third-order valence-corrected chi connectivity index (χ3v) is 5.10. The van der Waals surface area contributed by atoms with Gasteiger partial charge in [0.25, 0.3) is 0 Å². The summed E-state index contributed by atoms with van der Waals surface area (Å²) in [6.07, 6.45) is 3.44. The highest BCUT2D eigenvalue weighted by Crippen LogP contribution is 2.27. The van der Waals surface area contributed by atoms with Gasteiger partial charge in [-0.3, -0.25) is 0 Å². The highest BCUT2D eigenvalue weighted by atomic mass is 35.7. The Morgan fingerprint density at radius 3 is 2.70 bits per heavy atom. The second-order valence-corrected chi connectivity index (χ2v) is 9.41. The van der Waals surface area contributed by atoms with Crippen molar-refractivity contribution < 1.29 is 8.42 Å². The summed E-state index contributed by atoms with van der Waals surface area (Å²) in [6, 6.07) is 1.99. The van der Waals surface area contributed by atoms with Crippen molar-refractivity contribution in [1.29, 1.82) is 0 Å². The average Bonchev–Trinajstić information content (AvgIpc) is 2.71. The molecule has 8 heteroatoms. The maximum atomic E-state index is 10.9. The highest BCUT2D eigenvalue weighted by Gasteiger charge is 2.19. The van der Waals surface area contributed by atoms with E-state index in [1.54, 1.807) is 16.9 Å². The molecule has 2 rings (SSSR count). The summed E-state index contributed by atoms with van der Waals surface area (Å²) in [4.78, 5) is 4.29. The first-order chi connectivity index (χ1) is 9.17. The third kappa shape index (κ3) is 3.86. The van der Waals surface area contributed by atoms with Crippen LogP contribution in [0.1, 0.15) is 26.5 Å². The zero-order valence-corrected chi connectivity index (χ0v) is 13.9. The smallest absolute Gasteiger partial charge is 0.233 e. The van der Waals surface area contributed by atoms with Gasteiger partial charge in [-0.25, -0.2) is 17.9 Å². The summed E-state index contributed by atoms with van der Waals surface area (Å²) in [7, 11) is 1.74. The molecule has 0 amide bonds. The summed E-state index contributed by atoms with van der Waals surface area (Å²) in [5.74, 6) is 0.288. The number of hydrogen-bond acceptors (Lipinski definition) is 5. The molecule has 0 aliphatic rings. The monoisotopic (exact) mass is 333 g/mol. The first kappa shape index (κ1) is 15.6. The quantitative estimate of drug-likeness (QED) is 0.635. The Hall–Kier alpha value is -0.790. The zero-order chi connectivity index (χ0) is 15.0. The minimum atomic E-state index is -3.46. The van der Waals surface area contributed by atoms with Gasteiger partial charge in [-0.1, -0.05) is 20.8 Å². The SMILES string of the molecule is CC(C)(C)c1cc2c(SCCS(=O)(=O)Cl)nccn2n1. The second kappa shape index (κ2) is 5.54. The molecule has 0 bridgehead atoms. The summed E-state index contributed by atoms with van der Waals surface area (Å²) >= 11 is 1.37. The van der Waals surface area contributed by atoms with Crippen LogP contribution in [0.3, 0.4) is 0 Å². The molecule has 0 aromatic carbocycles. The Labute approximate surface area is 127 Å². The molecule has 0 saturated carbocycles. The van der Waals surface area contributed by atoms with E-state index in [9.17, 15) is 8.42 Å². The molecule has 0 aliphatic carbocycles. The number of nitrogens with zero attached hydrogens (tertiary/aromatic N) is 3. The fourth-order valence-corrected chi connectivity index (χ4v) is 3.94. The number of aromatic nitrogens is 3. The Morgan fingerprint density at radius 1 is 1.40 bits per heavy atom. The third-order valence-electron chi connectivity index (χ3n) is 2.69. The topological polar surface area (TPSA) is 64.3 Å². The largest absolute Gasteiger partial charge is 0.246 e. The van der Waals surface area contributed by atoms with Gasteiger partial charge in [-0.05, 0) is 6.07 Å². The Kier molecular flexibility index (Phi) is 4.32. The Morgan fingerprint density at radius 2 is 2.10 bits per heavy atom. The van der Waals surface area contributed by atoms with Crippen molar-refractivity contribution in [3.8, 4) is 0 Å². The van der Waals surface area contributed by atoms with Crippen molar-refractivity contribution in [1.82, 2.24) is 14.6 Å². The fraction of sp³-hybridized carbons (Fsp3) is 0.500. The molecule has 2 aromatic heterocycles. The summed E-state index contributed by atoms with van der Waals surface area (Å²) in [5.41, 5.74) is 1.81. The van der Waals surface area contributed by atoms with E-state index in [1.807, 2.05) is 6.07 Å². The van der Waals surface area contributed by atoms with Gasteiger partial charge in [-0.15, -0.1) is 11.8 Å². The highest BCUT2D eigenvalue weighted by molar-refractivity contribution is 8.14. The summed E-state index contributed by atoms with van der Waals surface area (Å²) < 4.78 is 23.6. The van der Waals surface area contributed by atoms with Gasteiger partial charge >= 0.3 is 0 Å². The predicted octanol–water partition coefficient (Wildman–Crippen LogP) is 2.69. The molecule has 20 heavy (non-hydrogen) atoms. The molecule has 0 atom stereocenters. The molecular weight excluding hydrogens is 318 g/mol. The molecule has 5 nitrogen and oxygen atoms in total. The van der Waals surface area contributed by atoms with Crippen LogP contribution in [0.15, 0.2) is 23.5 Å². The molecule has 0 aliphatic heterocycles. The molecule has 0 N–H and O–H groups in total. The molecular formula is C12H16ClN3O2S2. The summed E-state index contributed by atoms with van der Waals surface area (Å²) in [5, 5.41) is 5.28. The van der Waals surface area contributed by atoms with Gasteiger partial charge in [-0.2, -0.15) is 5.10 Å². The minimum Gasteiger partial charge on any atom is -0.246 e. The minimum absolute atomic E-state index is 0.0482. The van der Waals surface area contributed by atoms with Crippen LogP contribution in [0.25, 0.3) is 5.52 Å². The van der Waals surface area contributed by atoms with Crippen molar-refractivity contribution in [3.63, 3.8) is 0 Å². The Balaban J connectivity index is 2.28. The lowest BCUT2D eigenvalue weighted by atomic mass is 9.92. The van der Waals surface area contributed by atoms with E-state index in [-0.39, 0.29) is 11.2 Å². The van der Waals surface area contributed by atoms with Crippen molar-refractivity contribution in [3.05, 3.63) is 24.2 Å². The molecule has 0 spiro atoms. The van der Waals surface area contributed by atoms with E-state index in [0.29, 0.717) is 5.75 Å². The van der Waals surface area contributed by atoms with E-state index in [4.69, 9.17) is 10.7 Å². The molecule has 2 aromatic rings. The van der Waals surface area contributed by atoms with Crippen LogP contribution >= 0.6 is 22.4 Å².